The molecule has 0 saturated heterocycles. The Kier molecular flexibility index (Phi) is 2.85. The smallest absolute Gasteiger partial charge is 0.162 e. The third-order valence-electron chi connectivity index (χ3n) is 2.56. The molecule has 1 aliphatic rings. The second kappa shape index (κ2) is 3.70. The highest BCUT2D eigenvalue weighted by Crippen LogP contribution is 2.19. The maximum absolute atomic E-state index is 11.4. The molecule has 1 nitrogen and oxygen atoms in total. The molecule has 1 aliphatic carbocycles. The molecule has 0 aliphatic heterocycles. The van der Waals surface area contributed by atoms with Gasteiger partial charge in [-0.3, -0.25) is 4.79 Å². The highest BCUT2D eigenvalue weighted by molar-refractivity contribution is 5.96. The van der Waals surface area contributed by atoms with E-state index in [1.807, 2.05) is 6.92 Å². The van der Waals surface area contributed by atoms with Gasteiger partial charge in [0.2, 0.25) is 0 Å². The molecule has 1 rings (SSSR count). The molecule has 0 spiro atoms. The minimum absolute atomic E-state index is 0.284. The summed E-state index contributed by atoms with van der Waals surface area (Å²) in [7, 11) is 0. The van der Waals surface area contributed by atoms with E-state index in [-0.39, 0.29) is 5.78 Å². The minimum atomic E-state index is 0.284. The molecule has 0 amide bonds. The van der Waals surface area contributed by atoms with Crippen LogP contribution in [0.2, 0.25) is 0 Å². The Balaban J connectivity index is 2.83. The van der Waals surface area contributed by atoms with Crippen molar-refractivity contribution < 1.29 is 4.79 Å². The number of ketones is 1. The molecular weight excluding hydrogens is 148 g/mol. The molecule has 0 bridgehead atoms. The van der Waals surface area contributed by atoms with Crippen LogP contribution in [0, 0.1) is 0 Å². The molecule has 0 aromatic heterocycles. The Bertz CT molecular complexity index is 256. The number of allylic oxidation sites excluding steroid dienone is 4. The Morgan fingerprint density at radius 3 is 2.50 bits per heavy atom. The van der Waals surface area contributed by atoms with Crippen molar-refractivity contribution >= 4 is 5.78 Å². The molecule has 1 heteroatoms. The van der Waals surface area contributed by atoms with Crippen LogP contribution in [0.15, 0.2) is 22.8 Å². The van der Waals surface area contributed by atoms with Gasteiger partial charge in [0.05, 0.1) is 0 Å². The number of carbonyl (C=O) groups excluding carboxylic acids is 1. The summed E-state index contributed by atoms with van der Waals surface area (Å²) in [5, 5.41) is 0. The lowest BCUT2D eigenvalue weighted by atomic mass is 9.95. The second-order valence-electron chi connectivity index (χ2n) is 3.59. The van der Waals surface area contributed by atoms with Crippen molar-refractivity contribution in [3.63, 3.8) is 0 Å². The van der Waals surface area contributed by atoms with Crippen LogP contribution in [0.25, 0.3) is 0 Å². The average molecular weight is 164 g/mol. The van der Waals surface area contributed by atoms with Crippen molar-refractivity contribution in [3.8, 4) is 0 Å². The lowest BCUT2D eigenvalue weighted by molar-refractivity contribution is -0.114. The van der Waals surface area contributed by atoms with E-state index in [0.29, 0.717) is 6.42 Å². The number of Topliss-reactive ketones (excluding diaryl/α,β-unsaturated/α-hetero) is 1. The summed E-state index contributed by atoms with van der Waals surface area (Å²) in [5.74, 6) is 0.284. The molecule has 0 atom stereocenters. The van der Waals surface area contributed by atoms with Crippen LogP contribution in [0.3, 0.4) is 0 Å². The fourth-order valence-electron chi connectivity index (χ4n) is 1.36. The van der Waals surface area contributed by atoms with Crippen LogP contribution in [-0.4, -0.2) is 5.78 Å². The van der Waals surface area contributed by atoms with E-state index >= 15 is 0 Å². The van der Waals surface area contributed by atoms with Gasteiger partial charge in [0.15, 0.2) is 5.78 Å². The summed E-state index contributed by atoms with van der Waals surface area (Å²) in [6, 6.07) is 0. The van der Waals surface area contributed by atoms with Crippen molar-refractivity contribution in [1.29, 1.82) is 0 Å². The normalized spacial score (nSPS) is 20.2. The maximum Gasteiger partial charge on any atom is 0.162 e. The summed E-state index contributed by atoms with van der Waals surface area (Å²) in [4.78, 5) is 11.4. The Labute approximate surface area is 74.2 Å². The fourth-order valence-corrected chi connectivity index (χ4v) is 1.36. The summed E-state index contributed by atoms with van der Waals surface area (Å²) >= 11 is 0. The predicted octanol–water partition coefficient (Wildman–Crippen LogP) is 3.02. The quantitative estimate of drug-likeness (QED) is 0.503. The van der Waals surface area contributed by atoms with Crippen molar-refractivity contribution in [3.05, 3.63) is 22.8 Å². The Hall–Kier alpha value is -0.850. The van der Waals surface area contributed by atoms with Crippen molar-refractivity contribution in [2.24, 2.45) is 0 Å². The summed E-state index contributed by atoms with van der Waals surface area (Å²) in [6.07, 6.45) is 4.80. The van der Waals surface area contributed by atoms with E-state index in [1.165, 1.54) is 11.1 Å². The molecule has 0 unspecified atom stereocenters. The van der Waals surface area contributed by atoms with E-state index in [4.69, 9.17) is 0 Å². The molecular formula is C11H16O. The van der Waals surface area contributed by atoms with E-state index in [9.17, 15) is 4.79 Å². The van der Waals surface area contributed by atoms with Crippen LogP contribution in [0.4, 0.5) is 0 Å². The van der Waals surface area contributed by atoms with Gasteiger partial charge in [-0.1, -0.05) is 17.2 Å². The Morgan fingerprint density at radius 2 is 1.83 bits per heavy atom. The fraction of sp³-hybridized carbons (Fsp3) is 0.545. The highest BCUT2D eigenvalue weighted by Gasteiger charge is 2.09. The first-order chi connectivity index (χ1) is 5.61. The third kappa shape index (κ3) is 2.07. The van der Waals surface area contributed by atoms with Crippen LogP contribution in [0.1, 0.15) is 40.0 Å². The molecule has 0 aromatic carbocycles. The number of hydrogen-bond acceptors (Lipinski definition) is 1. The Morgan fingerprint density at radius 1 is 1.17 bits per heavy atom. The van der Waals surface area contributed by atoms with E-state index in [1.54, 1.807) is 0 Å². The zero-order valence-electron chi connectivity index (χ0n) is 8.11. The van der Waals surface area contributed by atoms with Crippen molar-refractivity contribution in [2.75, 3.05) is 0 Å². The van der Waals surface area contributed by atoms with Gasteiger partial charge >= 0.3 is 0 Å². The SMILES string of the molecule is CC1=CCCC(C)=C(C)CC1=O. The predicted molar refractivity (Wildman–Crippen MR) is 51.0 cm³/mol. The first-order valence-corrected chi connectivity index (χ1v) is 4.46. The molecule has 66 valence electrons. The van der Waals surface area contributed by atoms with Gasteiger partial charge in [-0.25, -0.2) is 0 Å². The number of rotatable bonds is 0. The summed E-state index contributed by atoms with van der Waals surface area (Å²) in [5.41, 5.74) is 3.57. The molecule has 0 saturated carbocycles. The second-order valence-corrected chi connectivity index (χ2v) is 3.59. The van der Waals surface area contributed by atoms with Crippen LogP contribution in [0.5, 0.6) is 0 Å². The average Bonchev–Trinajstić information content (AvgIpc) is 2.02. The number of carbonyl (C=O) groups is 1. The topological polar surface area (TPSA) is 17.1 Å². The van der Waals surface area contributed by atoms with Crippen molar-refractivity contribution in [1.82, 2.24) is 0 Å². The van der Waals surface area contributed by atoms with Gasteiger partial charge in [-0.05, 0) is 39.2 Å². The molecule has 0 N–H and O–H groups in total. The first-order valence-electron chi connectivity index (χ1n) is 4.46. The first kappa shape index (κ1) is 9.24. The largest absolute Gasteiger partial charge is 0.294 e. The molecule has 12 heavy (non-hydrogen) atoms. The molecule has 0 aromatic rings. The van der Waals surface area contributed by atoms with Crippen molar-refractivity contribution in [2.45, 2.75) is 40.0 Å². The maximum atomic E-state index is 11.4. The van der Waals surface area contributed by atoms with Crippen LogP contribution < -0.4 is 0 Å². The lowest BCUT2D eigenvalue weighted by Gasteiger charge is -2.10. The number of hydrogen-bond donors (Lipinski definition) is 0. The summed E-state index contributed by atoms with van der Waals surface area (Å²) in [6.45, 7) is 6.10. The lowest BCUT2D eigenvalue weighted by Crippen LogP contribution is -2.03. The van der Waals surface area contributed by atoms with E-state index < -0.39 is 0 Å². The van der Waals surface area contributed by atoms with Gasteiger partial charge in [0.1, 0.15) is 0 Å². The molecule has 0 radical (unpaired) electrons. The standard InChI is InChI=1S/C11H16O/c1-8-5-4-6-9(2)11(12)7-10(8)3/h6H,4-5,7H2,1-3H3. The van der Waals surface area contributed by atoms with Gasteiger partial charge < -0.3 is 0 Å². The van der Waals surface area contributed by atoms with Gasteiger partial charge in [0.25, 0.3) is 0 Å². The minimum Gasteiger partial charge on any atom is -0.294 e. The molecule has 0 fully saturated rings. The van der Waals surface area contributed by atoms with E-state index in [2.05, 4.69) is 19.9 Å². The van der Waals surface area contributed by atoms with Crippen LogP contribution >= 0.6 is 0 Å². The zero-order chi connectivity index (χ0) is 9.14. The van der Waals surface area contributed by atoms with Gasteiger partial charge in [0, 0.05) is 6.42 Å². The zero-order valence-corrected chi connectivity index (χ0v) is 8.11. The van der Waals surface area contributed by atoms with Gasteiger partial charge in [-0.2, -0.15) is 0 Å². The van der Waals surface area contributed by atoms with E-state index in [0.717, 1.165) is 18.4 Å². The van der Waals surface area contributed by atoms with Crippen LogP contribution in [-0.2, 0) is 4.79 Å². The highest BCUT2D eigenvalue weighted by atomic mass is 16.1. The van der Waals surface area contributed by atoms with Gasteiger partial charge in [-0.15, -0.1) is 0 Å². The molecule has 0 heterocycles. The third-order valence-corrected chi connectivity index (χ3v) is 2.56. The monoisotopic (exact) mass is 164 g/mol. The summed E-state index contributed by atoms with van der Waals surface area (Å²) < 4.78 is 0.